The maximum absolute atomic E-state index is 12.8. The Morgan fingerprint density at radius 3 is 2.18 bits per heavy atom. The van der Waals surface area contributed by atoms with Gasteiger partial charge in [0.25, 0.3) is 5.91 Å². The van der Waals surface area contributed by atoms with Gasteiger partial charge in [-0.25, -0.2) is 15.4 Å². The summed E-state index contributed by atoms with van der Waals surface area (Å²) >= 11 is 0. The Balaban J connectivity index is 0.00000171. The predicted molar refractivity (Wildman–Crippen MR) is 99.3 cm³/mol. The van der Waals surface area contributed by atoms with Crippen LogP contribution in [0.2, 0.25) is 0 Å². The summed E-state index contributed by atoms with van der Waals surface area (Å²) in [7, 11) is 1.35. The molecule has 10 heteroatoms. The first-order valence-electron chi connectivity index (χ1n) is 8.59. The summed E-state index contributed by atoms with van der Waals surface area (Å²) in [6, 6.07) is 3.13. The number of nitrogens with one attached hydrogen (secondary N) is 2. The summed E-state index contributed by atoms with van der Waals surface area (Å²) < 4.78 is 43.4. The molecule has 7 nitrogen and oxygen atoms in total. The van der Waals surface area contributed by atoms with Crippen molar-refractivity contribution in [3.05, 3.63) is 47.3 Å². The molecule has 0 aliphatic carbocycles. The van der Waals surface area contributed by atoms with E-state index in [1.54, 1.807) is 0 Å². The minimum atomic E-state index is -4.46. The van der Waals surface area contributed by atoms with Crippen LogP contribution in [0, 0.1) is 0 Å². The van der Waals surface area contributed by atoms with Gasteiger partial charge in [-0.2, -0.15) is 13.2 Å². The lowest BCUT2D eigenvalue weighted by atomic mass is 10.1. The van der Waals surface area contributed by atoms with Crippen molar-refractivity contribution in [3.63, 3.8) is 0 Å². The van der Waals surface area contributed by atoms with Gasteiger partial charge in [0, 0.05) is 24.5 Å². The number of benzene rings is 1. The van der Waals surface area contributed by atoms with Gasteiger partial charge in [0.1, 0.15) is 5.75 Å². The SMILES string of the molecule is CC.CC.COc1ccc(C(F)(F)F)cc1CNc1ncc(C(=O)NO)cn1. The van der Waals surface area contributed by atoms with E-state index in [-0.39, 0.29) is 29.4 Å². The molecule has 0 radical (unpaired) electrons. The van der Waals surface area contributed by atoms with Gasteiger partial charge >= 0.3 is 6.18 Å². The molecule has 156 valence electrons. The number of aromatic nitrogens is 2. The number of halogens is 3. The molecule has 0 bridgehead atoms. The van der Waals surface area contributed by atoms with Gasteiger partial charge in [-0.15, -0.1) is 0 Å². The average Bonchev–Trinajstić information content (AvgIpc) is 2.74. The number of carbonyl (C=O) groups excluding carboxylic acids is 1. The zero-order valence-electron chi connectivity index (χ0n) is 16.4. The molecule has 2 aromatic rings. The molecule has 2 rings (SSSR count). The van der Waals surface area contributed by atoms with Crippen LogP contribution in [-0.2, 0) is 12.7 Å². The Morgan fingerprint density at radius 1 is 1.14 bits per heavy atom. The fourth-order valence-electron chi connectivity index (χ4n) is 1.87. The van der Waals surface area contributed by atoms with Crippen LogP contribution in [0.25, 0.3) is 0 Å². The standard InChI is InChI=1S/C14H13F3N4O3.2C2H6/c1-24-11-3-2-10(14(15,16)17)4-8(11)5-18-13-19-6-9(7-20-13)12(22)21-23;2*1-2/h2-4,6-7,23H,5H2,1H3,(H,21,22)(H,18,19,20);2*1-2H3. The third kappa shape index (κ3) is 7.39. The highest BCUT2D eigenvalue weighted by atomic mass is 19.4. The van der Waals surface area contributed by atoms with Crippen molar-refractivity contribution >= 4 is 11.9 Å². The molecule has 28 heavy (non-hydrogen) atoms. The molecule has 0 unspecified atom stereocenters. The largest absolute Gasteiger partial charge is 0.496 e. The molecule has 0 spiro atoms. The Morgan fingerprint density at radius 2 is 1.71 bits per heavy atom. The zero-order chi connectivity index (χ0) is 21.7. The number of methoxy groups -OCH3 is 1. The van der Waals surface area contributed by atoms with Crippen molar-refractivity contribution < 1.29 is 27.9 Å². The summed E-state index contributed by atoms with van der Waals surface area (Å²) in [5.41, 5.74) is 0.935. The van der Waals surface area contributed by atoms with E-state index in [1.807, 2.05) is 27.7 Å². The number of ether oxygens (including phenoxy) is 1. The number of alkyl halides is 3. The fourth-order valence-corrected chi connectivity index (χ4v) is 1.87. The highest BCUT2D eigenvalue weighted by Crippen LogP contribution is 2.32. The van der Waals surface area contributed by atoms with Crippen molar-refractivity contribution in [2.45, 2.75) is 40.4 Å². The lowest BCUT2D eigenvalue weighted by molar-refractivity contribution is -0.137. The molecule has 1 aromatic heterocycles. The first-order valence-corrected chi connectivity index (χ1v) is 8.59. The molecular formula is C18H25F3N4O3. The number of hydrogen-bond acceptors (Lipinski definition) is 6. The second-order valence-corrected chi connectivity index (χ2v) is 4.61. The van der Waals surface area contributed by atoms with Crippen LogP contribution in [0.15, 0.2) is 30.6 Å². The summed E-state index contributed by atoms with van der Waals surface area (Å²) in [6.07, 6.45) is -2.15. The summed E-state index contributed by atoms with van der Waals surface area (Å²) in [5.74, 6) is -0.392. The van der Waals surface area contributed by atoms with Crippen molar-refractivity contribution in [3.8, 4) is 5.75 Å². The van der Waals surface area contributed by atoms with Crippen molar-refractivity contribution in [1.29, 1.82) is 0 Å². The highest BCUT2D eigenvalue weighted by molar-refractivity contribution is 5.92. The number of nitrogens with zero attached hydrogens (tertiary/aromatic N) is 2. The minimum Gasteiger partial charge on any atom is -0.496 e. The first kappa shape index (κ1) is 25.1. The van der Waals surface area contributed by atoms with Gasteiger partial charge in [-0.05, 0) is 18.2 Å². The van der Waals surface area contributed by atoms with E-state index in [1.165, 1.54) is 18.7 Å². The second kappa shape index (κ2) is 12.5. The number of anilines is 1. The lowest BCUT2D eigenvalue weighted by Gasteiger charge is -2.13. The molecule has 1 aromatic carbocycles. The van der Waals surface area contributed by atoms with E-state index in [4.69, 9.17) is 9.94 Å². The van der Waals surface area contributed by atoms with Crippen LogP contribution in [-0.4, -0.2) is 28.2 Å². The number of carbonyl (C=O) groups is 1. The van der Waals surface area contributed by atoms with Crippen molar-refractivity contribution in [2.24, 2.45) is 0 Å². The van der Waals surface area contributed by atoms with Crippen LogP contribution >= 0.6 is 0 Å². The molecule has 1 amide bonds. The molecule has 0 aliphatic rings. The summed E-state index contributed by atoms with van der Waals surface area (Å²) in [6.45, 7) is 7.98. The Kier molecular flexibility index (Phi) is 11.2. The summed E-state index contributed by atoms with van der Waals surface area (Å²) in [5, 5.41) is 11.2. The number of amides is 1. The Hall–Kier alpha value is -2.88. The smallest absolute Gasteiger partial charge is 0.416 e. The lowest BCUT2D eigenvalue weighted by Crippen LogP contribution is -2.19. The second-order valence-electron chi connectivity index (χ2n) is 4.61. The highest BCUT2D eigenvalue weighted by Gasteiger charge is 2.31. The molecule has 0 fully saturated rings. The van der Waals surface area contributed by atoms with E-state index < -0.39 is 17.6 Å². The molecule has 0 saturated carbocycles. The zero-order valence-corrected chi connectivity index (χ0v) is 16.4. The predicted octanol–water partition coefficient (Wildman–Crippen LogP) is 4.29. The van der Waals surface area contributed by atoms with Crippen LogP contribution in [0.5, 0.6) is 5.75 Å². The molecule has 0 aliphatic heterocycles. The van der Waals surface area contributed by atoms with Crippen LogP contribution in [0.4, 0.5) is 19.1 Å². The van der Waals surface area contributed by atoms with Crippen LogP contribution in [0.1, 0.15) is 49.2 Å². The minimum absolute atomic E-state index is 0.0152. The maximum atomic E-state index is 12.8. The van der Waals surface area contributed by atoms with E-state index in [9.17, 15) is 18.0 Å². The maximum Gasteiger partial charge on any atom is 0.416 e. The van der Waals surface area contributed by atoms with E-state index >= 15 is 0 Å². The van der Waals surface area contributed by atoms with Gasteiger partial charge in [0.2, 0.25) is 5.95 Å². The molecule has 0 atom stereocenters. The number of hydroxylamine groups is 1. The third-order valence-corrected chi connectivity index (χ3v) is 3.06. The Bertz CT molecular complexity index is 723. The fraction of sp³-hybridized carbons (Fsp3) is 0.389. The van der Waals surface area contributed by atoms with Gasteiger partial charge in [-0.1, -0.05) is 27.7 Å². The van der Waals surface area contributed by atoms with Crippen LogP contribution < -0.4 is 15.5 Å². The van der Waals surface area contributed by atoms with Crippen LogP contribution in [0.3, 0.4) is 0 Å². The van der Waals surface area contributed by atoms with Crippen molar-refractivity contribution in [1.82, 2.24) is 15.4 Å². The summed E-state index contributed by atoms with van der Waals surface area (Å²) in [4.78, 5) is 18.8. The first-order chi connectivity index (χ1) is 13.3. The van der Waals surface area contributed by atoms with Gasteiger partial charge in [-0.3, -0.25) is 10.0 Å². The Labute approximate surface area is 161 Å². The van der Waals surface area contributed by atoms with Gasteiger partial charge < -0.3 is 10.1 Å². The average molecular weight is 402 g/mol. The number of hydrogen-bond donors (Lipinski definition) is 3. The molecular weight excluding hydrogens is 377 g/mol. The van der Waals surface area contributed by atoms with E-state index in [0.717, 1.165) is 24.5 Å². The monoisotopic (exact) mass is 402 g/mol. The normalized spacial score (nSPS) is 9.89. The third-order valence-electron chi connectivity index (χ3n) is 3.06. The van der Waals surface area contributed by atoms with Gasteiger partial charge in [0.05, 0.1) is 18.2 Å². The molecule has 0 saturated heterocycles. The van der Waals surface area contributed by atoms with E-state index in [0.29, 0.717) is 0 Å². The number of rotatable bonds is 5. The van der Waals surface area contributed by atoms with Gasteiger partial charge in [0.15, 0.2) is 0 Å². The molecule has 1 heterocycles. The molecule has 3 N–H and O–H groups in total. The topological polar surface area (TPSA) is 96.4 Å². The van der Waals surface area contributed by atoms with E-state index in [2.05, 4.69) is 15.3 Å². The quantitative estimate of drug-likeness (QED) is 0.510. The van der Waals surface area contributed by atoms with Crippen molar-refractivity contribution in [2.75, 3.05) is 12.4 Å².